The molecule has 0 radical (unpaired) electrons. The Labute approximate surface area is 117 Å². The number of nitrogens with one attached hydrogen (secondary N) is 1. The molecule has 0 aromatic heterocycles. The number of amides is 4. The maximum atomic E-state index is 12.6. The highest BCUT2D eigenvalue weighted by molar-refractivity contribution is 6.19. The van der Waals surface area contributed by atoms with Crippen molar-refractivity contribution in [1.82, 2.24) is 10.2 Å². The Hall–Kier alpha value is -1.43. The number of barbiturate groups is 1. The van der Waals surface area contributed by atoms with Crippen LogP contribution in [0.2, 0.25) is 0 Å². The van der Waals surface area contributed by atoms with E-state index in [1.807, 2.05) is 0 Å². The van der Waals surface area contributed by atoms with Crippen LogP contribution in [-0.4, -0.2) is 42.5 Å². The fourth-order valence-corrected chi connectivity index (χ4v) is 3.48. The van der Waals surface area contributed by atoms with Crippen LogP contribution in [0, 0.1) is 11.3 Å². The van der Waals surface area contributed by atoms with Gasteiger partial charge in [0.25, 0.3) is 0 Å². The van der Waals surface area contributed by atoms with E-state index in [2.05, 4.69) is 5.32 Å². The van der Waals surface area contributed by atoms with E-state index in [1.165, 1.54) is 4.90 Å². The monoisotopic (exact) mass is 280 g/mol. The Morgan fingerprint density at radius 1 is 1.25 bits per heavy atom. The molecule has 1 unspecified atom stereocenters. The van der Waals surface area contributed by atoms with Crippen LogP contribution in [0.4, 0.5) is 4.79 Å². The summed E-state index contributed by atoms with van der Waals surface area (Å²) >= 11 is 0. The number of carbonyl (C=O) groups is 3. The zero-order valence-electron chi connectivity index (χ0n) is 11.5. The van der Waals surface area contributed by atoms with E-state index >= 15 is 0 Å². The van der Waals surface area contributed by atoms with Crippen LogP contribution >= 0.6 is 0 Å². The fraction of sp³-hybridized carbons (Fsp3) is 0.786. The Bertz CT molecular complexity index is 436. The second-order valence-corrected chi connectivity index (χ2v) is 6.02. The Kier molecular flexibility index (Phi) is 3.50. The SMILES string of the molecule is O=C1NC(=O)C2(CCCC2)C(=O)N1CCC1CCOC1. The van der Waals surface area contributed by atoms with Gasteiger partial charge in [0.15, 0.2) is 0 Å². The lowest BCUT2D eigenvalue weighted by atomic mass is 9.82. The summed E-state index contributed by atoms with van der Waals surface area (Å²) in [5, 5.41) is 2.36. The van der Waals surface area contributed by atoms with Gasteiger partial charge in [0.1, 0.15) is 5.41 Å². The van der Waals surface area contributed by atoms with Crippen molar-refractivity contribution in [3.8, 4) is 0 Å². The first-order chi connectivity index (χ1) is 9.63. The summed E-state index contributed by atoms with van der Waals surface area (Å²) in [4.78, 5) is 37.8. The second-order valence-electron chi connectivity index (χ2n) is 6.02. The maximum Gasteiger partial charge on any atom is 0.330 e. The molecule has 6 heteroatoms. The van der Waals surface area contributed by atoms with Gasteiger partial charge in [0, 0.05) is 19.8 Å². The Morgan fingerprint density at radius 3 is 2.65 bits per heavy atom. The first-order valence-corrected chi connectivity index (χ1v) is 7.39. The molecule has 3 rings (SSSR count). The molecule has 20 heavy (non-hydrogen) atoms. The van der Waals surface area contributed by atoms with Crippen LogP contribution in [-0.2, 0) is 14.3 Å². The smallest absolute Gasteiger partial charge is 0.330 e. The molecule has 4 amide bonds. The number of rotatable bonds is 3. The van der Waals surface area contributed by atoms with Gasteiger partial charge in [-0.15, -0.1) is 0 Å². The van der Waals surface area contributed by atoms with Crippen LogP contribution in [0.5, 0.6) is 0 Å². The van der Waals surface area contributed by atoms with Crippen LogP contribution < -0.4 is 5.32 Å². The van der Waals surface area contributed by atoms with E-state index in [0.717, 1.165) is 32.3 Å². The van der Waals surface area contributed by atoms with Crippen molar-refractivity contribution in [3.63, 3.8) is 0 Å². The summed E-state index contributed by atoms with van der Waals surface area (Å²) in [5.74, 6) is -0.277. The van der Waals surface area contributed by atoms with Crippen molar-refractivity contribution < 1.29 is 19.1 Å². The molecule has 2 aliphatic heterocycles. The first-order valence-electron chi connectivity index (χ1n) is 7.39. The fourth-order valence-electron chi connectivity index (χ4n) is 3.48. The molecule has 1 spiro atoms. The minimum Gasteiger partial charge on any atom is -0.381 e. The molecule has 1 aliphatic carbocycles. The molecular formula is C14H20N2O4. The highest BCUT2D eigenvalue weighted by atomic mass is 16.5. The summed E-state index contributed by atoms with van der Waals surface area (Å²) in [6.07, 6.45) is 4.61. The van der Waals surface area contributed by atoms with Crippen LogP contribution in [0.3, 0.4) is 0 Å². The van der Waals surface area contributed by atoms with Crippen LogP contribution in [0.15, 0.2) is 0 Å². The molecular weight excluding hydrogens is 260 g/mol. The number of nitrogens with zero attached hydrogens (tertiary/aromatic N) is 1. The van der Waals surface area contributed by atoms with Gasteiger partial charge in [0.2, 0.25) is 11.8 Å². The molecule has 3 fully saturated rings. The first kappa shape index (κ1) is 13.5. The molecule has 3 aliphatic rings. The van der Waals surface area contributed by atoms with E-state index in [0.29, 0.717) is 31.9 Å². The lowest BCUT2D eigenvalue weighted by Gasteiger charge is -2.37. The number of carbonyl (C=O) groups excluding carboxylic acids is 3. The van der Waals surface area contributed by atoms with Crippen molar-refractivity contribution >= 4 is 17.8 Å². The zero-order valence-corrected chi connectivity index (χ0v) is 11.5. The van der Waals surface area contributed by atoms with E-state index in [1.54, 1.807) is 0 Å². The molecule has 6 nitrogen and oxygen atoms in total. The largest absolute Gasteiger partial charge is 0.381 e. The topological polar surface area (TPSA) is 75.7 Å². The average Bonchev–Trinajstić information content (AvgIpc) is 3.09. The second kappa shape index (κ2) is 5.16. The summed E-state index contributed by atoms with van der Waals surface area (Å²) in [7, 11) is 0. The van der Waals surface area contributed by atoms with Gasteiger partial charge in [0.05, 0.1) is 0 Å². The molecule has 1 saturated carbocycles. The summed E-state index contributed by atoms with van der Waals surface area (Å²) in [5.41, 5.74) is -0.972. The predicted octanol–water partition coefficient (Wildman–Crippen LogP) is 1.05. The van der Waals surface area contributed by atoms with E-state index in [4.69, 9.17) is 4.74 Å². The lowest BCUT2D eigenvalue weighted by Crippen LogP contribution is -2.63. The molecule has 2 heterocycles. The van der Waals surface area contributed by atoms with Gasteiger partial charge in [-0.25, -0.2) is 4.79 Å². The highest BCUT2D eigenvalue weighted by Gasteiger charge is 2.54. The van der Waals surface area contributed by atoms with Crippen molar-refractivity contribution in [1.29, 1.82) is 0 Å². The molecule has 0 bridgehead atoms. The van der Waals surface area contributed by atoms with Gasteiger partial charge in [-0.1, -0.05) is 12.8 Å². The lowest BCUT2D eigenvalue weighted by molar-refractivity contribution is -0.151. The van der Waals surface area contributed by atoms with E-state index < -0.39 is 17.4 Å². The normalized spacial score (nSPS) is 29.3. The number of hydrogen-bond acceptors (Lipinski definition) is 4. The zero-order chi connectivity index (χ0) is 14.2. The van der Waals surface area contributed by atoms with E-state index in [-0.39, 0.29) is 5.91 Å². The third kappa shape index (κ3) is 2.12. The molecule has 1 N–H and O–H groups in total. The quantitative estimate of drug-likeness (QED) is 0.784. The van der Waals surface area contributed by atoms with Crippen molar-refractivity contribution in [3.05, 3.63) is 0 Å². The average molecular weight is 280 g/mol. The van der Waals surface area contributed by atoms with Gasteiger partial charge >= 0.3 is 6.03 Å². The number of hydrogen-bond donors (Lipinski definition) is 1. The van der Waals surface area contributed by atoms with Gasteiger partial charge in [-0.3, -0.25) is 19.8 Å². The Morgan fingerprint density at radius 2 is 2.00 bits per heavy atom. The number of imide groups is 2. The number of urea groups is 1. The summed E-state index contributed by atoms with van der Waals surface area (Å²) in [6, 6.07) is -0.559. The summed E-state index contributed by atoms with van der Waals surface area (Å²) < 4.78 is 5.30. The third-order valence-corrected chi connectivity index (χ3v) is 4.80. The molecule has 0 aromatic rings. The minimum absolute atomic E-state index is 0.289. The Balaban J connectivity index is 1.70. The van der Waals surface area contributed by atoms with Crippen LogP contribution in [0.25, 0.3) is 0 Å². The van der Waals surface area contributed by atoms with Crippen molar-refractivity contribution in [2.45, 2.75) is 38.5 Å². The predicted molar refractivity (Wildman–Crippen MR) is 69.7 cm³/mol. The van der Waals surface area contributed by atoms with Crippen LogP contribution in [0.1, 0.15) is 38.5 Å². The van der Waals surface area contributed by atoms with Crippen molar-refractivity contribution in [2.75, 3.05) is 19.8 Å². The maximum absolute atomic E-state index is 12.6. The van der Waals surface area contributed by atoms with E-state index in [9.17, 15) is 14.4 Å². The summed E-state index contributed by atoms with van der Waals surface area (Å²) in [6.45, 7) is 1.84. The number of ether oxygens (including phenoxy) is 1. The van der Waals surface area contributed by atoms with Gasteiger partial charge in [-0.05, 0) is 31.6 Å². The molecule has 2 saturated heterocycles. The molecule has 1 atom stereocenters. The minimum atomic E-state index is -0.972. The molecule has 110 valence electrons. The van der Waals surface area contributed by atoms with Gasteiger partial charge < -0.3 is 4.74 Å². The highest BCUT2D eigenvalue weighted by Crippen LogP contribution is 2.41. The van der Waals surface area contributed by atoms with Gasteiger partial charge in [-0.2, -0.15) is 0 Å². The van der Waals surface area contributed by atoms with Crippen molar-refractivity contribution in [2.24, 2.45) is 11.3 Å². The standard InChI is InChI=1S/C14H20N2O4/c17-11-14(5-1-2-6-14)12(18)16(13(19)15-11)7-3-10-4-8-20-9-10/h10H,1-9H2,(H,15,17,19). The third-order valence-electron chi connectivity index (χ3n) is 4.80. The molecule has 0 aromatic carbocycles.